The van der Waals surface area contributed by atoms with Gasteiger partial charge in [0.2, 0.25) is 9.84 Å². The maximum absolute atomic E-state index is 12.9. The normalized spacial score (nSPS) is 11.8. The van der Waals surface area contributed by atoms with E-state index in [0.717, 1.165) is 5.56 Å². The summed E-state index contributed by atoms with van der Waals surface area (Å²) >= 11 is 0. The van der Waals surface area contributed by atoms with Gasteiger partial charge in [-0.15, -0.1) is 0 Å². The minimum Gasteiger partial charge on any atom is -0.461 e. The smallest absolute Gasteiger partial charge is 0.371 e. The molecule has 0 spiro atoms. The molecule has 0 heterocycles. The first-order valence-corrected chi connectivity index (χ1v) is 9.72. The number of nitro groups is 1. The van der Waals surface area contributed by atoms with E-state index in [1.807, 2.05) is 0 Å². The van der Waals surface area contributed by atoms with Crippen LogP contribution >= 0.6 is 0 Å². The second-order valence-corrected chi connectivity index (χ2v) is 7.69. The second-order valence-electron chi connectivity index (χ2n) is 5.82. The van der Waals surface area contributed by atoms with Crippen LogP contribution in [0.3, 0.4) is 0 Å². The number of anilines is 1. The molecule has 2 aromatic rings. The zero-order valence-corrected chi connectivity index (χ0v) is 16.3. The molecule has 148 valence electrons. The fraction of sp³-hybridized carbons (Fsp3) is 0.222. The molecule has 0 amide bonds. The summed E-state index contributed by atoms with van der Waals surface area (Å²) in [5, 5.41) is 13.8. The van der Waals surface area contributed by atoms with Gasteiger partial charge >= 0.3 is 5.97 Å². The summed E-state index contributed by atoms with van der Waals surface area (Å²) in [6.07, 6.45) is 0. The minimum atomic E-state index is -4.27. The molecule has 28 heavy (non-hydrogen) atoms. The number of hydrogen-bond donors (Lipinski definition) is 1. The van der Waals surface area contributed by atoms with E-state index in [-0.39, 0.29) is 22.9 Å². The quantitative estimate of drug-likeness (QED) is 0.266. The molecular weight excluding hydrogens is 386 g/mol. The highest BCUT2D eigenvalue weighted by molar-refractivity contribution is 8.08. The van der Waals surface area contributed by atoms with Crippen LogP contribution in [0.5, 0.6) is 0 Å². The van der Waals surface area contributed by atoms with Gasteiger partial charge in [0.1, 0.15) is 0 Å². The van der Waals surface area contributed by atoms with Gasteiger partial charge in [-0.2, -0.15) is 5.10 Å². The van der Waals surface area contributed by atoms with E-state index < -0.39 is 25.8 Å². The molecule has 10 heteroatoms. The van der Waals surface area contributed by atoms with Crippen LogP contribution in [0.4, 0.5) is 11.4 Å². The van der Waals surface area contributed by atoms with E-state index in [4.69, 9.17) is 4.74 Å². The SMILES string of the molecule is CCOC(=O)/C(=N/Nc1cc([N+](=O)[O-])ccc1C)S(=O)(=O)c1ccc(C)cc1. The summed E-state index contributed by atoms with van der Waals surface area (Å²) in [5.41, 5.74) is 3.84. The van der Waals surface area contributed by atoms with Crippen molar-refractivity contribution in [1.82, 2.24) is 0 Å². The highest BCUT2D eigenvalue weighted by Gasteiger charge is 2.31. The van der Waals surface area contributed by atoms with E-state index in [0.29, 0.717) is 5.56 Å². The van der Waals surface area contributed by atoms with Gasteiger partial charge in [0.15, 0.2) is 0 Å². The molecule has 0 saturated heterocycles. The minimum absolute atomic E-state index is 0.0445. The molecule has 0 aromatic heterocycles. The number of hydrogen-bond acceptors (Lipinski definition) is 8. The fourth-order valence-corrected chi connectivity index (χ4v) is 3.35. The van der Waals surface area contributed by atoms with Gasteiger partial charge in [0.05, 0.1) is 22.1 Å². The predicted molar refractivity (Wildman–Crippen MR) is 104 cm³/mol. The van der Waals surface area contributed by atoms with Crippen molar-refractivity contribution in [1.29, 1.82) is 0 Å². The molecule has 9 nitrogen and oxygen atoms in total. The van der Waals surface area contributed by atoms with Gasteiger partial charge in [0.25, 0.3) is 10.7 Å². The molecule has 0 aliphatic rings. The van der Waals surface area contributed by atoms with Crippen molar-refractivity contribution in [3.63, 3.8) is 0 Å². The fourth-order valence-electron chi connectivity index (χ4n) is 2.19. The van der Waals surface area contributed by atoms with Crippen molar-refractivity contribution >= 4 is 32.2 Å². The lowest BCUT2D eigenvalue weighted by molar-refractivity contribution is -0.384. The molecule has 0 aliphatic carbocycles. The molecular formula is C18H19N3O6S. The van der Waals surface area contributed by atoms with Crippen LogP contribution in [-0.4, -0.2) is 31.0 Å². The van der Waals surface area contributed by atoms with E-state index >= 15 is 0 Å². The third kappa shape index (κ3) is 4.71. The van der Waals surface area contributed by atoms with Crippen LogP contribution in [0, 0.1) is 24.0 Å². The molecule has 0 atom stereocenters. The maximum Gasteiger partial charge on any atom is 0.371 e. The zero-order chi connectivity index (χ0) is 20.9. The number of nitro benzene ring substituents is 1. The monoisotopic (exact) mass is 405 g/mol. The Balaban J connectivity index is 2.49. The largest absolute Gasteiger partial charge is 0.461 e. The van der Waals surface area contributed by atoms with Crippen LogP contribution in [-0.2, 0) is 19.4 Å². The lowest BCUT2D eigenvalue weighted by Crippen LogP contribution is -2.28. The van der Waals surface area contributed by atoms with E-state index in [1.54, 1.807) is 26.0 Å². The number of rotatable bonds is 5. The number of ether oxygens (including phenoxy) is 1. The van der Waals surface area contributed by atoms with Crippen molar-refractivity contribution in [3.05, 3.63) is 63.7 Å². The molecule has 0 fully saturated rings. The number of carbonyl (C=O) groups is 1. The Morgan fingerprint density at radius 1 is 1.18 bits per heavy atom. The first kappa shape index (κ1) is 21.0. The van der Waals surface area contributed by atoms with Crippen LogP contribution in [0.1, 0.15) is 18.1 Å². The first-order chi connectivity index (χ1) is 13.2. The number of aryl methyl sites for hydroxylation is 2. The molecule has 1 N–H and O–H groups in total. The summed E-state index contributed by atoms with van der Waals surface area (Å²) in [4.78, 5) is 22.5. The van der Waals surface area contributed by atoms with E-state index in [1.165, 1.54) is 37.3 Å². The van der Waals surface area contributed by atoms with Crippen molar-refractivity contribution in [2.24, 2.45) is 5.10 Å². The lowest BCUT2D eigenvalue weighted by atomic mass is 10.2. The Morgan fingerprint density at radius 2 is 1.82 bits per heavy atom. The summed E-state index contributed by atoms with van der Waals surface area (Å²) in [5.74, 6) is -1.13. The lowest BCUT2D eigenvalue weighted by Gasteiger charge is -2.10. The maximum atomic E-state index is 12.9. The summed E-state index contributed by atoms with van der Waals surface area (Å²) in [7, 11) is -4.27. The number of esters is 1. The Morgan fingerprint density at radius 3 is 2.39 bits per heavy atom. The Bertz CT molecular complexity index is 1030. The Labute approximate surface area is 162 Å². The van der Waals surface area contributed by atoms with Gasteiger partial charge in [0, 0.05) is 12.1 Å². The van der Waals surface area contributed by atoms with Crippen molar-refractivity contribution in [3.8, 4) is 0 Å². The molecule has 0 unspecified atom stereocenters. The average Bonchev–Trinajstić information content (AvgIpc) is 2.63. The molecule has 0 bridgehead atoms. The first-order valence-electron chi connectivity index (χ1n) is 8.24. The molecule has 0 aliphatic heterocycles. The number of nitrogens with one attached hydrogen (secondary N) is 1. The zero-order valence-electron chi connectivity index (χ0n) is 15.5. The van der Waals surface area contributed by atoms with Crippen molar-refractivity contribution < 1.29 is 22.9 Å². The van der Waals surface area contributed by atoms with Gasteiger partial charge in [-0.3, -0.25) is 15.5 Å². The topological polar surface area (TPSA) is 128 Å². The number of non-ortho nitro benzene ring substituents is 1. The van der Waals surface area contributed by atoms with Crippen LogP contribution in [0.25, 0.3) is 0 Å². The molecule has 2 rings (SSSR count). The van der Waals surface area contributed by atoms with Gasteiger partial charge in [-0.1, -0.05) is 23.8 Å². The van der Waals surface area contributed by atoms with Gasteiger partial charge < -0.3 is 4.74 Å². The van der Waals surface area contributed by atoms with Crippen molar-refractivity contribution in [2.45, 2.75) is 25.7 Å². The van der Waals surface area contributed by atoms with E-state index in [9.17, 15) is 23.3 Å². The number of nitrogens with zero attached hydrogens (tertiary/aromatic N) is 2. The third-order valence-electron chi connectivity index (χ3n) is 3.75. The van der Waals surface area contributed by atoms with Crippen LogP contribution < -0.4 is 5.43 Å². The molecule has 0 saturated carbocycles. The molecule has 2 aromatic carbocycles. The second kappa shape index (κ2) is 8.61. The van der Waals surface area contributed by atoms with Gasteiger partial charge in [-0.25, -0.2) is 13.2 Å². The number of carbonyl (C=O) groups excluding carboxylic acids is 1. The van der Waals surface area contributed by atoms with E-state index in [2.05, 4.69) is 10.5 Å². The third-order valence-corrected chi connectivity index (χ3v) is 5.41. The summed E-state index contributed by atoms with van der Waals surface area (Å²) in [6, 6.07) is 9.88. The predicted octanol–water partition coefficient (Wildman–Crippen LogP) is 2.97. The summed E-state index contributed by atoms with van der Waals surface area (Å²) < 4.78 is 30.5. The number of hydrazone groups is 1. The highest BCUT2D eigenvalue weighted by atomic mass is 32.2. The van der Waals surface area contributed by atoms with Gasteiger partial charge in [-0.05, 0) is 38.5 Å². The Hall–Kier alpha value is -3.27. The van der Waals surface area contributed by atoms with Crippen LogP contribution in [0.15, 0.2) is 52.5 Å². The summed E-state index contributed by atoms with van der Waals surface area (Å²) in [6.45, 7) is 4.94. The number of sulfone groups is 1. The molecule has 0 radical (unpaired) electrons. The highest BCUT2D eigenvalue weighted by Crippen LogP contribution is 2.22. The Kier molecular flexibility index (Phi) is 6.47. The van der Waals surface area contributed by atoms with Crippen molar-refractivity contribution in [2.75, 3.05) is 12.0 Å². The average molecular weight is 405 g/mol. The standard InChI is InChI=1S/C18H19N3O6S/c1-4-27-18(22)17(28(25,26)15-9-5-12(2)6-10-15)20-19-16-11-14(21(23)24)8-7-13(16)3/h5-11,19H,4H2,1-3H3/b20-17-. The number of benzene rings is 2. The van der Waals surface area contributed by atoms with Crippen LogP contribution in [0.2, 0.25) is 0 Å².